The smallest absolute Gasteiger partial charge is 0.231 e. The van der Waals surface area contributed by atoms with Crippen molar-refractivity contribution in [3.05, 3.63) is 53.1 Å². The molecule has 4 N–H and O–H groups in total. The lowest BCUT2D eigenvalue weighted by atomic mass is 10.1. The van der Waals surface area contributed by atoms with Crippen LogP contribution >= 0.6 is 11.6 Å². The molecule has 8 heteroatoms. The van der Waals surface area contributed by atoms with Crippen LogP contribution in [0.2, 0.25) is 5.02 Å². The first-order valence-electron chi connectivity index (χ1n) is 7.27. The average molecular weight is 344 g/mol. The van der Waals surface area contributed by atoms with E-state index in [1.54, 1.807) is 12.1 Å². The van der Waals surface area contributed by atoms with Gasteiger partial charge in [-0.3, -0.25) is 5.32 Å². The normalized spacial score (nSPS) is 18.5. The van der Waals surface area contributed by atoms with Crippen LogP contribution in [0.3, 0.4) is 0 Å². The summed E-state index contributed by atoms with van der Waals surface area (Å²) in [6, 6.07) is 12.9. The van der Waals surface area contributed by atoms with Crippen molar-refractivity contribution in [1.82, 2.24) is 5.32 Å². The molecule has 0 amide bonds. The van der Waals surface area contributed by atoms with E-state index in [2.05, 4.69) is 20.6 Å². The van der Waals surface area contributed by atoms with Gasteiger partial charge in [0.25, 0.3) is 0 Å². The molecule has 2 heterocycles. The van der Waals surface area contributed by atoms with Gasteiger partial charge in [-0.2, -0.15) is 0 Å². The molecule has 1 atom stereocenters. The maximum Gasteiger partial charge on any atom is 0.231 e. The maximum atomic E-state index is 5.89. The van der Waals surface area contributed by atoms with Gasteiger partial charge in [0.2, 0.25) is 12.8 Å². The molecule has 122 valence electrons. The summed E-state index contributed by atoms with van der Waals surface area (Å²) >= 11 is 5.89. The van der Waals surface area contributed by atoms with Gasteiger partial charge in [0.15, 0.2) is 23.6 Å². The average Bonchev–Trinajstić information content (AvgIpc) is 3.04. The summed E-state index contributed by atoms with van der Waals surface area (Å²) < 4.78 is 10.7. The molecule has 0 aromatic heterocycles. The van der Waals surface area contributed by atoms with E-state index in [-0.39, 0.29) is 12.8 Å². The Balaban J connectivity index is 1.59. The van der Waals surface area contributed by atoms with Crippen LogP contribution in [0.15, 0.2) is 52.4 Å². The predicted molar refractivity (Wildman–Crippen MR) is 92.6 cm³/mol. The lowest BCUT2D eigenvalue weighted by Gasteiger charge is -2.20. The van der Waals surface area contributed by atoms with E-state index in [4.69, 9.17) is 26.8 Å². The molecule has 0 fully saturated rings. The number of nitrogens with two attached hydrogens (primary N) is 1. The first kappa shape index (κ1) is 14.6. The number of benzene rings is 2. The van der Waals surface area contributed by atoms with Crippen LogP contribution in [0, 0.1) is 0 Å². The Labute approximate surface area is 143 Å². The molecule has 0 radical (unpaired) electrons. The molecule has 0 spiro atoms. The number of nitrogens with zero attached hydrogens (tertiary/aromatic N) is 2. The number of fused-ring (bicyclic) bond motifs is 1. The standard InChI is InChI=1S/C16H14ClN5O2/c17-10-2-4-11(5-3-10)19-16-21-14(20-15(18)22-16)9-1-6-12-13(7-9)24-8-23-12/h1-7,14H,8H2,(H4,18,19,20,21,22)/t14-/m0/s1. The van der Waals surface area contributed by atoms with E-state index in [1.165, 1.54) is 0 Å². The third-order valence-electron chi connectivity index (χ3n) is 3.56. The minimum absolute atomic E-state index is 0.225. The van der Waals surface area contributed by atoms with Crippen LogP contribution in [0.5, 0.6) is 11.5 Å². The van der Waals surface area contributed by atoms with Crippen molar-refractivity contribution in [2.75, 3.05) is 12.1 Å². The number of aliphatic imine (C=N–C) groups is 2. The summed E-state index contributed by atoms with van der Waals surface area (Å²) in [5.41, 5.74) is 7.58. The summed E-state index contributed by atoms with van der Waals surface area (Å²) in [6.45, 7) is 0.225. The van der Waals surface area contributed by atoms with E-state index in [0.717, 1.165) is 11.3 Å². The largest absolute Gasteiger partial charge is 0.454 e. The number of anilines is 1. The van der Waals surface area contributed by atoms with Crippen molar-refractivity contribution in [3.8, 4) is 11.5 Å². The third-order valence-corrected chi connectivity index (χ3v) is 3.81. The van der Waals surface area contributed by atoms with Crippen LogP contribution in [0.25, 0.3) is 0 Å². The second-order valence-electron chi connectivity index (χ2n) is 5.24. The molecule has 2 aromatic carbocycles. The number of hydrogen-bond acceptors (Lipinski definition) is 7. The molecule has 0 aliphatic carbocycles. The SMILES string of the molecule is NC1=N[C@H](c2ccc3c(c2)OCO3)N=C(Nc2ccc(Cl)cc2)N1. The van der Waals surface area contributed by atoms with Gasteiger partial charge < -0.3 is 20.5 Å². The van der Waals surface area contributed by atoms with Gasteiger partial charge in [-0.25, -0.2) is 9.98 Å². The first-order valence-corrected chi connectivity index (χ1v) is 7.65. The molecule has 7 nitrogen and oxygen atoms in total. The zero-order valence-corrected chi connectivity index (χ0v) is 13.2. The van der Waals surface area contributed by atoms with Gasteiger partial charge in [0.05, 0.1) is 0 Å². The van der Waals surface area contributed by atoms with Crippen molar-refractivity contribution in [3.63, 3.8) is 0 Å². The second kappa shape index (κ2) is 5.93. The van der Waals surface area contributed by atoms with Gasteiger partial charge in [-0.1, -0.05) is 17.7 Å². The maximum absolute atomic E-state index is 5.89. The van der Waals surface area contributed by atoms with Crippen molar-refractivity contribution < 1.29 is 9.47 Å². The van der Waals surface area contributed by atoms with E-state index in [9.17, 15) is 0 Å². The Hall–Kier alpha value is -2.93. The molecule has 24 heavy (non-hydrogen) atoms. The minimum atomic E-state index is -0.462. The molecule has 2 aliphatic rings. The summed E-state index contributed by atoms with van der Waals surface area (Å²) in [5.74, 6) is 2.19. The third kappa shape index (κ3) is 2.93. The van der Waals surface area contributed by atoms with Crippen LogP contribution in [-0.4, -0.2) is 18.7 Å². The second-order valence-corrected chi connectivity index (χ2v) is 5.67. The lowest BCUT2D eigenvalue weighted by Crippen LogP contribution is -2.43. The summed E-state index contributed by atoms with van der Waals surface area (Å²) in [6.07, 6.45) is -0.462. The van der Waals surface area contributed by atoms with Crippen LogP contribution in [0.4, 0.5) is 5.69 Å². The monoisotopic (exact) mass is 343 g/mol. The molecule has 2 aromatic rings. The van der Waals surface area contributed by atoms with Gasteiger partial charge in [-0.15, -0.1) is 0 Å². The minimum Gasteiger partial charge on any atom is -0.454 e. The lowest BCUT2D eigenvalue weighted by molar-refractivity contribution is 0.174. The zero-order valence-electron chi connectivity index (χ0n) is 12.5. The fraction of sp³-hybridized carbons (Fsp3) is 0.125. The number of nitrogens with one attached hydrogen (secondary N) is 2. The highest BCUT2D eigenvalue weighted by Gasteiger charge is 2.20. The molecule has 0 bridgehead atoms. The van der Waals surface area contributed by atoms with Gasteiger partial charge >= 0.3 is 0 Å². The van der Waals surface area contributed by atoms with E-state index >= 15 is 0 Å². The van der Waals surface area contributed by atoms with E-state index in [1.807, 2.05) is 30.3 Å². The number of ether oxygens (including phenoxy) is 2. The molecule has 2 aliphatic heterocycles. The van der Waals surface area contributed by atoms with E-state index in [0.29, 0.717) is 22.5 Å². The van der Waals surface area contributed by atoms with Crippen molar-refractivity contribution >= 4 is 29.2 Å². The number of guanidine groups is 2. The number of halogens is 1. The summed E-state index contributed by atoms with van der Waals surface area (Å²) in [7, 11) is 0. The highest BCUT2D eigenvalue weighted by Crippen LogP contribution is 2.35. The Morgan fingerprint density at radius 1 is 1.08 bits per heavy atom. The Bertz CT molecular complexity index is 835. The number of hydrogen-bond donors (Lipinski definition) is 3. The van der Waals surface area contributed by atoms with Crippen molar-refractivity contribution in [1.29, 1.82) is 0 Å². The van der Waals surface area contributed by atoms with Crippen LogP contribution in [0.1, 0.15) is 11.7 Å². The summed E-state index contributed by atoms with van der Waals surface area (Å²) in [5, 5.41) is 6.73. The Morgan fingerprint density at radius 3 is 2.71 bits per heavy atom. The van der Waals surface area contributed by atoms with E-state index < -0.39 is 6.17 Å². The van der Waals surface area contributed by atoms with Crippen LogP contribution in [-0.2, 0) is 0 Å². The molecular weight excluding hydrogens is 330 g/mol. The fourth-order valence-corrected chi connectivity index (χ4v) is 2.55. The quantitative estimate of drug-likeness (QED) is 0.778. The topological polar surface area (TPSA) is 93.3 Å². The molecule has 0 saturated heterocycles. The number of rotatable bonds is 2. The van der Waals surface area contributed by atoms with Crippen LogP contribution < -0.4 is 25.8 Å². The molecule has 0 unspecified atom stereocenters. The highest BCUT2D eigenvalue weighted by molar-refractivity contribution is 6.30. The fourth-order valence-electron chi connectivity index (χ4n) is 2.43. The zero-order chi connectivity index (χ0) is 16.5. The Kier molecular flexibility index (Phi) is 3.62. The molecule has 0 saturated carbocycles. The van der Waals surface area contributed by atoms with Crippen molar-refractivity contribution in [2.45, 2.75) is 6.17 Å². The molecular formula is C16H14ClN5O2. The highest BCUT2D eigenvalue weighted by atomic mass is 35.5. The van der Waals surface area contributed by atoms with Gasteiger partial charge in [0, 0.05) is 16.3 Å². The Morgan fingerprint density at radius 2 is 1.88 bits per heavy atom. The van der Waals surface area contributed by atoms with Gasteiger partial charge in [-0.05, 0) is 36.4 Å². The van der Waals surface area contributed by atoms with Gasteiger partial charge in [0.1, 0.15) is 0 Å². The predicted octanol–water partition coefficient (Wildman–Crippen LogP) is 2.45. The summed E-state index contributed by atoms with van der Waals surface area (Å²) in [4.78, 5) is 8.87. The first-order chi connectivity index (χ1) is 11.7. The van der Waals surface area contributed by atoms with Crippen molar-refractivity contribution in [2.24, 2.45) is 15.7 Å². The molecule has 4 rings (SSSR count).